The third-order valence-electron chi connectivity index (χ3n) is 14.6. The van der Waals surface area contributed by atoms with Crippen LogP contribution in [-0.4, -0.2) is 0 Å². The van der Waals surface area contributed by atoms with Crippen molar-refractivity contribution in [3.8, 4) is 44.5 Å². The zero-order valence-electron chi connectivity index (χ0n) is 36.9. The first-order chi connectivity index (χ1) is 32.5. The van der Waals surface area contributed by atoms with E-state index in [1.165, 1.54) is 66.8 Å². The van der Waals surface area contributed by atoms with Crippen molar-refractivity contribution in [1.82, 2.24) is 0 Å². The Balaban J connectivity index is 1.06. The maximum atomic E-state index is 6.56. The molecule has 2 aliphatic carbocycles. The molecule has 2 heteroatoms. The Bertz CT molecular complexity index is 3660. The van der Waals surface area contributed by atoms with Gasteiger partial charge in [0, 0.05) is 38.7 Å². The van der Waals surface area contributed by atoms with Crippen molar-refractivity contribution in [2.24, 2.45) is 0 Å². The van der Waals surface area contributed by atoms with Crippen LogP contribution in [0.25, 0.3) is 66.4 Å². The Morgan fingerprint density at radius 3 is 1.70 bits per heavy atom. The molecule has 0 bridgehead atoms. The highest BCUT2D eigenvalue weighted by molar-refractivity contribution is 6.09. The van der Waals surface area contributed by atoms with Crippen LogP contribution in [-0.2, 0) is 10.8 Å². The van der Waals surface area contributed by atoms with Crippen LogP contribution in [0.5, 0.6) is 0 Å². The smallest absolute Gasteiger partial charge is 0.143 e. The summed E-state index contributed by atoms with van der Waals surface area (Å²) in [6.45, 7) is 4.74. The summed E-state index contributed by atoms with van der Waals surface area (Å²) < 4.78 is 6.56. The van der Waals surface area contributed by atoms with Crippen LogP contribution in [0.3, 0.4) is 0 Å². The normalized spacial score (nSPS) is 15.3. The fourth-order valence-electron chi connectivity index (χ4n) is 11.5. The molecule has 2 nitrogen and oxygen atoms in total. The first-order valence-corrected chi connectivity index (χ1v) is 23.0. The van der Waals surface area contributed by atoms with Gasteiger partial charge in [-0.15, -0.1) is 0 Å². The minimum Gasteiger partial charge on any atom is -0.455 e. The van der Waals surface area contributed by atoms with Crippen LogP contribution in [0.2, 0.25) is 0 Å². The van der Waals surface area contributed by atoms with E-state index < -0.39 is 5.41 Å². The van der Waals surface area contributed by atoms with Crippen molar-refractivity contribution in [3.05, 3.63) is 270 Å². The predicted octanol–water partition coefficient (Wildman–Crippen LogP) is 17.1. The molecule has 1 unspecified atom stereocenters. The van der Waals surface area contributed by atoms with Gasteiger partial charge in [-0.25, -0.2) is 0 Å². The van der Waals surface area contributed by atoms with Gasteiger partial charge in [-0.05, 0) is 103 Å². The summed E-state index contributed by atoms with van der Waals surface area (Å²) in [4.78, 5) is 2.52. The zero-order valence-corrected chi connectivity index (χ0v) is 36.9. The molecule has 1 heterocycles. The number of para-hydroxylation sites is 2. The minimum absolute atomic E-state index is 0.165. The van der Waals surface area contributed by atoms with Gasteiger partial charge >= 0.3 is 0 Å². The third kappa shape index (κ3) is 5.55. The molecule has 2 aliphatic rings. The van der Waals surface area contributed by atoms with E-state index in [2.05, 4.69) is 249 Å². The average Bonchev–Trinajstić information content (AvgIpc) is 3.99. The molecule has 1 atom stereocenters. The zero-order chi connectivity index (χ0) is 44.0. The van der Waals surface area contributed by atoms with Crippen LogP contribution in [0.1, 0.15) is 47.2 Å². The number of anilines is 3. The van der Waals surface area contributed by atoms with Gasteiger partial charge in [0.25, 0.3) is 0 Å². The van der Waals surface area contributed by atoms with E-state index in [4.69, 9.17) is 4.42 Å². The van der Waals surface area contributed by atoms with Crippen molar-refractivity contribution in [2.45, 2.75) is 24.7 Å². The second-order valence-corrected chi connectivity index (χ2v) is 18.4. The molecule has 66 heavy (non-hydrogen) atoms. The summed E-state index contributed by atoms with van der Waals surface area (Å²) in [5.41, 5.74) is 21.7. The van der Waals surface area contributed by atoms with Crippen LogP contribution >= 0.6 is 0 Å². The van der Waals surface area contributed by atoms with Gasteiger partial charge in [-0.1, -0.05) is 214 Å². The van der Waals surface area contributed by atoms with Crippen molar-refractivity contribution in [3.63, 3.8) is 0 Å². The van der Waals surface area contributed by atoms with Crippen molar-refractivity contribution in [2.75, 3.05) is 4.90 Å². The van der Waals surface area contributed by atoms with Gasteiger partial charge < -0.3 is 9.32 Å². The monoisotopic (exact) mass is 843 g/mol. The van der Waals surface area contributed by atoms with E-state index in [1.54, 1.807) is 0 Å². The molecule has 312 valence electrons. The van der Waals surface area contributed by atoms with Gasteiger partial charge in [-0.2, -0.15) is 0 Å². The number of furan rings is 1. The van der Waals surface area contributed by atoms with Crippen molar-refractivity contribution in [1.29, 1.82) is 0 Å². The summed E-state index contributed by atoms with van der Waals surface area (Å²) >= 11 is 0. The standard InChI is InChI=1S/C64H45NO/c1-63(2)56-27-12-9-21-50(56)52-40-39-48(41-58(52)63)65(47-37-33-43(34-38-47)42-17-5-3-6-18-42)59-29-16-25-54-51-22-10-13-28-57(51)64(61(54)59,45-19-7-4-8-20-45)46-35-31-44(32-36-46)49-24-15-26-55-53-23-11-14-30-60(53)66-62(49)55/h3-41H,1-2H3. The summed E-state index contributed by atoms with van der Waals surface area (Å²) in [5.74, 6) is 0. The molecule has 0 radical (unpaired) electrons. The maximum absolute atomic E-state index is 6.56. The fraction of sp³-hybridized carbons (Fsp3) is 0.0625. The third-order valence-corrected chi connectivity index (χ3v) is 14.6. The molecular weight excluding hydrogens is 799 g/mol. The van der Waals surface area contributed by atoms with Crippen molar-refractivity contribution < 1.29 is 4.42 Å². The minimum atomic E-state index is -0.665. The van der Waals surface area contributed by atoms with Gasteiger partial charge in [0.2, 0.25) is 0 Å². The fourth-order valence-corrected chi connectivity index (χ4v) is 11.5. The van der Waals surface area contributed by atoms with Crippen LogP contribution in [0.15, 0.2) is 241 Å². The van der Waals surface area contributed by atoms with Crippen LogP contribution < -0.4 is 4.90 Å². The molecule has 0 amide bonds. The quantitative estimate of drug-likeness (QED) is 0.159. The molecule has 0 fully saturated rings. The van der Waals surface area contributed by atoms with Crippen LogP contribution in [0.4, 0.5) is 17.1 Å². The lowest BCUT2D eigenvalue weighted by atomic mass is 9.67. The van der Waals surface area contributed by atoms with Crippen LogP contribution in [0, 0.1) is 0 Å². The Labute approximate surface area is 385 Å². The molecule has 0 saturated heterocycles. The molecule has 11 aromatic rings. The first-order valence-electron chi connectivity index (χ1n) is 23.0. The number of rotatable bonds is 7. The van der Waals surface area contributed by atoms with E-state index in [-0.39, 0.29) is 5.41 Å². The van der Waals surface area contributed by atoms with E-state index in [9.17, 15) is 0 Å². The molecule has 1 aromatic heterocycles. The number of hydrogen-bond acceptors (Lipinski definition) is 2. The lowest BCUT2D eigenvalue weighted by molar-refractivity contribution is 0.660. The molecule has 0 saturated carbocycles. The van der Waals surface area contributed by atoms with Gasteiger partial charge in [0.1, 0.15) is 11.2 Å². The van der Waals surface area contributed by atoms with Crippen molar-refractivity contribution >= 4 is 39.0 Å². The van der Waals surface area contributed by atoms with Gasteiger partial charge in [0.05, 0.1) is 11.1 Å². The van der Waals surface area contributed by atoms with E-state index in [1.807, 2.05) is 6.07 Å². The Hall–Kier alpha value is -8.20. The maximum Gasteiger partial charge on any atom is 0.143 e. The molecule has 0 aliphatic heterocycles. The van der Waals surface area contributed by atoms with E-state index in [0.717, 1.165) is 50.1 Å². The highest BCUT2D eigenvalue weighted by atomic mass is 16.3. The molecular formula is C64H45NO. The van der Waals surface area contributed by atoms with Gasteiger partial charge in [-0.3, -0.25) is 0 Å². The molecule has 0 spiro atoms. The number of hydrogen-bond donors (Lipinski definition) is 0. The summed E-state index contributed by atoms with van der Waals surface area (Å²) in [5, 5.41) is 2.27. The molecule has 0 N–H and O–H groups in total. The highest BCUT2D eigenvalue weighted by Gasteiger charge is 2.48. The largest absolute Gasteiger partial charge is 0.455 e. The molecule has 13 rings (SSSR count). The SMILES string of the molecule is CC1(C)c2ccccc2-c2ccc(N(c3ccc(-c4ccccc4)cc3)c3cccc4c3C(c3ccccc3)(c3ccc(-c5cccc6c5oc5ccccc56)cc3)c3ccccc3-4)cc21. The second-order valence-electron chi connectivity index (χ2n) is 18.4. The summed E-state index contributed by atoms with van der Waals surface area (Å²) in [7, 11) is 0. The summed E-state index contributed by atoms with van der Waals surface area (Å²) in [6.07, 6.45) is 0. The number of nitrogens with zero attached hydrogens (tertiary/aromatic N) is 1. The van der Waals surface area contributed by atoms with E-state index in [0.29, 0.717) is 0 Å². The predicted molar refractivity (Wildman–Crippen MR) is 274 cm³/mol. The highest BCUT2D eigenvalue weighted by Crippen LogP contribution is 2.61. The second kappa shape index (κ2) is 14.7. The Morgan fingerprint density at radius 1 is 0.364 bits per heavy atom. The Kier molecular flexibility index (Phi) is 8.51. The lowest BCUT2D eigenvalue weighted by Gasteiger charge is -2.38. The Morgan fingerprint density at radius 2 is 0.909 bits per heavy atom. The average molecular weight is 844 g/mol. The lowest BCUT2D eigenvalue weighted by Crippen LogP contribution is -2.30. The molecule has 10 aromatic carbocycles. The topological polar surface area (TPSA) is 16.4 Å². The van der Waals surface area contributed by atoms with E-state index >= 15 is 0 Å². The number of benzene rings is 10. The van der Waals surface area contributed by atoms with Gasteiger partial charge in [0.15, 0.2) is 0 Å². The first kappa shape index (κ1) is 38.3. The summed E-state index contributed by atoms with van der Waals surface area (Å²) in [6, 6.07) is 87.2. The number of fused-ring (bicyclic) bond motifs is 9.